The molecule has 1 aromatic carbocycles. The fourth-order valence-electron chi connectivity index (χ4n) is 1.82. The predicted octanol–water partition coefficient (Wildman–Crippen LogP) is 1.96. The van der Waals surface area contributed by atoms with E-state index in [4.69, 9.17) is 0 Å². The number of aliphatic imine (C=N–C) groups is 1. The van der Waals surface area contributed by atoms with Crippen LogP contribution in [0.5, 0.6) is 0 Å². The number of nitrogens with zero attached hydrogens (tertiary/aromatic N) is 2. The monoisotopic (exact) mass is 188 g/mol. The van der Waals surface area contributed by atoms with Crippen LogP contribution < -0.4 is 0 Å². The van der Waals surface area contributed by atoms with Crippen molar-refractivity contribution in [2.75, 3.05) is 19.6 Å². The van der Waals surface area contributed by atoms with Crippen LogP contribution in [0.1, 0.15) is 12.5 Å². The number of hydrogen-bond acceptors (Lipinski definition) is 2. The van der Waals surface area contributed by atoms with E-state index in [2.05, 4.69) is 47.1 Å². The summed E-state index contributed by atoms with van der Waals surface area (Å²) < 4.78 is 0. The van der Waals surface area contributed by atoms with Gasteiger partial charge in [0.2, 0.25) is 0 Å². The Labute approximate surface area is 85.3 Å². The molecule has 0 fully saturated rings. The lowest BCUT2D eigenvalue weighted by molar-refractivity contribution is 0.477. The first kappa shape index (κ1) is 9.25. The highest BCUT2D eigenvalue weighted by molar-refractivity contribution is 5.85. The maximum Gasteiger partial charge on any atom is 0.103 e. The zero-order valence-electron chi connectivity index (χ0n) is 8.61. The lowest BCUT2D eigenvalue weighted by Gasteiger charge is -2.17. The highest BCUT2D eigenvalue weighted by Gasteiger charge is 2.14. The van der Waals surface area contributed by atoms with Crippen LogP contribution in [-0.2, 0) is 6.42 Å². The van der Waals surface area contributed by atoms with E-state index in [0.29, 0.717) is 0 Å². The van der Waals surface area contributed by atoms with Gasteiger partial charge in [-0.3, -0.25) is 4.99 Å². The van der Waals surface area contributed by atoms with Gasteiger partial charge in [-0.05, 0) is 12.5 Å². The maximum atomic E-state index is 4.53. The third-order valence-corrected chi connectivity index (χ3v) is 2.62. The second kappa shape index (κ2) is 4.27. The zero-order valence-corrected chi connectivity index (χ0v) is 8.61. The summed E-state index contributed by atoms with van der Waals surface area (Å²) in [6.45, 7) is 5.33. The third kappa shape index (κ3) is 1.95. The smallest absolute Gasteiger partial charge is 0.103 e. The summed E-state index contributed by atoms with van der Waals surface area (Å²) >= 11 is 0. The van der Waals surface area contributed by atoms with Crippen molar-refractivity contribution in [2.45, 2.75) is 13.3 Å². The fraction of sp³-hybridized carbons (Fsp3) is 0.417. The van der Waals surface area contributed by atoms with Gasteiger partial charge >= 0.3 is 0 Å². The van der Waals surface area contributed by atoms with Crippen molar-refractivity contribution in [1.29, 1.82) is 0 Å². The van der Waals surface area contributed by atoms with Gasteiger partial charge in [0.15, 0.2) is 0 Å². The number of benzene rings is 1. The highest BCUT2D eigenvalue weighted by atomic mass is 15.2. The van der Waals surface area contributed by atoms with Crippen LogP contribution in [0.2, 0.25) is 0 Å². The van der Waals surface area contributed by atoms with E-state index in [9.17, 15) is 0 Å². The quantitative estimate of drug-likeness (QED) is 0.708. The van der Waals surface area contributed by atoms with Crippen LogP contribution in [0.4, 0.5) is 0 Å². The van der Waals surface area contributed by atoms with E-state index in [-0.39, 0.29) is 0 Å². The van der Waals surface area contributed by atoms with Crippen molar-refractivity contribution in [2.24, 2.45) is 4.99 Å². The van der Waals surface area contributed by atoms with E-state index in [1.54, 1.807) is 0 Å². The van der Waals surface area contributed by atoms with Crippen molar-refractivity contribution in [1.82, 2.24) is 4.90 Å². The molecule has 2 nitrogen and oxygen atoms in total. The Balaban J connectivity index is 2.04. The van der Waals surface area contributed by atoms with Gasteiger partial charge in [-0.1, -0.05) is 30.3 Å². The number of hydrogen-bond donors (Lipinski definition) is 0. The van der Waals surface area contributed by atoms with Crippen LogP contribution in [0.3, 0.4) is 0 Å². The summed E-state index contributed by atoms with van der Waals surface area (Å²) in [7, 11) is 0. The maximum absolute atomic E-state index is 4.53. The number of rotatable bonds is 3. The summed E-state index contributed by atoms with van der Waals surface area (Å²) in [5.74, 6) is 1.25. The molecule has 1 aliphatic heterocycles. The first-order chi connectivity index (χ1) is 6.90. The van der Waals surface area contributed by atoms with Gasteiger partial charge in [-0.15, -0.1) is 0 Å². The molecule has 0 aromatic heterocycles. The molecule has 0 saturated carbocycles. The van der Waals surface area contributed by atoms with Crippen LogP contribution in [0, 0.1) is 0 Å². The molecule has 0 spiro atoms. The molecule has 0 bridgehead atoms. The van der Waals surface area contributed by atoms with Crippen LogP contribution in [0.25, 0.3) is 0 Å². The van der Waals surface area contributed by atoms with E-state index in [1.165, 1.54) is 11.4 Å². The predicted molar refractivity (Wildman–Crippen MR) is 59.7 cm³/mol. The molecule has 0 radical (unpaired) electrons. The SMILES string of the molecule is CCN1CCN=C1Cc1ccccc1. The molecule has 14 heavy (non-hydrogen) atoms. The molecule has 1 heterocycles. The van der Waals surface area contributed by atoms with Gasteiger partial charge in [0.25, 0.3) is 0 Å². The van der Waals surface area contributed by atoms with Crippen molar-refractivity contribution in [3.63, 3.8) is 0 Å². The lowest BCUT2D eigenvalue weighted by atomic mass is 10.1. The van der Waals surface area contributed by atoms with E-state index in [1.807, 2.05) is 0 Å². The van der Waals surface area contributed by atoms with Crippen molar-refractivity contribution >= 4 is 5.84 Å². The minimum atomic E-state index is 0.968. The Morgan fingerprint density at radius 2 is 2.07 bits per heavy atom. The Bertz CT molecular complexity index is 316. The Morgan fingerprint density at radius 1 is 1.29 bits per heavy atom. The Hall–Kier alpha value is -1.31. The highest BCUT2D eigenvalue weighted by Crippen LogP contribution is 2.08. The Morgan fingerprint density at radius 3 is 2.79 bits per heavy atom. The van der Waals surface area contributed by atoms with Crippen molar-refractivity contribution < 1.29 is 0 Å². The lowest BCUT2D eigenvalue weighted by Crippen LogP contribution is -2.28. The molecule has 1 aromatic rings. The molecule has 0 saturated heterocycles. The van der Waals surface area contributed by atoms with Crippen LogP contribution in [-0.4, -0.2) is 30.4 Å². The van der Waals surface area contributed by atoms with Crippen LogP contribution in [0.15, 0.2) is 35.3 Å². The normalized spacial score (nSPS) is 15.8. The number of likely N-dealkylation sites (N-methyl/N-ethyl adjacent to an activating group) is 1. The first-order valence-electron chi connectivity index (χ1n) is 5.22. The molecule has 0 N–H and O–H groups in total. The van der Waals surface area contributed by atoms with Gasteiger partial charge in [-0.2, -0.15) is 0 Å². The van der Waals surface area contributed by atoms with Gasteiger partial charge < -0.3 is 4.90 Å². The fourth-order valence-corrected chi connectivity index (χ4v) is 1.82. The number of amidine groups is 1. The van der Waals surface area contributed by atoms with Gasteiger partial charge in [0, 0.05) is 19.5 Å². The summed E-state index contributed by atoms with van der Waals surface area (Å²) in [5, 5.41) is 0. The van der Waals surface area contributed by atoms with E-state index < -0.39 is 0 Å². The molecule has 2 rings (SSSR count). The zero-order chi connectivity index (χ0) is 9.80. The average molecular weight is 188 g/mol. The summed E-state index contributed by atoms with van der Waals surface area (Å²) in [6, 6.07) is 10.5. The van der Waals surface area contributed by atoms with E-state index >= 15 is 0 Å². The standard InChI is InChI=1S/C12H16N2/c1-2-14-9-8-13-12(14)10-11-6-4-3-5-7-11/h3-7H,2,8-10H2,1H3. The van der Waals surface area contributed by atoms with Gasteiger partial charge in [-0.25, -0.2) is 0 Å². The van der Waals surface area contributed by atoms with Gasteiger partial charge in [0.1, 0.15) is 5.84 Å². The minimum absolute atomic E-state index is 0.968. The summed E-state index contributed by atoms with van der Waals surface area (Å²) in [6.07, 6.45) is 0.981. The topological polar surface area (TPSA) is 15.6 Å². The molecule has 74 valence electrons. The first-order valence-corrected chi connectivity index (χ1v) is 5.22. The van der Waals surface area contributed by atoms with E-state index in [0.717, 1.165) is 26.1 Å². The molecule has 0 amide bonds. The molecule has 0 atom stereocenters. The molecule has 0 unspecified atom stereocenters. The van der Waals surface area contributed by atoms with Gasteiger partial charge in [0.05, 0.1) is 6.54 Å². The molecular formula is C12H16N2. The summed E-state index contributed by atoms with van der Waals surface area (Å²) in [5.41, 5.74) is 1.35. The largest absolute Gasteiger partial charge is 0.359 e. The average Bonchev–Trinajstić information content (AvgIpc) is 2.67. The molecular weight excluding hydrogens is 172 g/mol. The molecule has 0 aliphatic carbocycles. The second-order valence-corrected chi connectivity index (χ2v) is 3.54. The van der Waals surface area contributed by atoms with Crippen molar-refractivity contribution in [3.8, 4) is 0 Å². The minimum Gasteiger partial charge on any atom is -0.359 e. The van der Waals surface area contributed by atoms with Crippen LogP contribution >= 0.6 is 0 Å². The molecule has 2 heteroatoms. The van der Waals surface area contributed by atoms with Crippen molar-refractivity contribution in [3.05, 3.63) is 35.9 Å². The second-order valence-electron chi connectivity index (χ2n) is 3.54. The molecule has 1 aliphatic rings. The Kier molecular flexibility index (Phi) is 2.82. The summed E-state index contributed by atoms with van der Waals surface area (Å²) in [4.78, 5) is 6.88. The third-order valence-electron chi connectivity index (χ3n) is 2.62.